The Morgan fingerprint density at radius 2 is 2.24 bits per heavy atom. The van der Waals surface area contributed by atoms with Crippen molar-refractivity contribution in [1.29, 1.82) is 0 Å². The molecule has 0 aromatic heterocycles. The molecule has 0 aromatic carbocycles. The van der Waals surface area contributed by atoms with Crippen molar-refractivity contribution in [3.63, 3.8) is 0 Å². The summed E-state index contributed by atoms with van der Waals surface area (Å²) in [6.07, 6.45) is 5.00. The standard InChI is InChI=1S/C13H25NO3/c1-11-4-3-5-12(8-11)10-17-13(15)9-14-6-7-16-2/h11-12,14H,3-10H2,1-2H3. The molecule has 1 aliphatic carbocycles. The molecule has 1 saturated carbocycles. The van der Waals surface area contributed by atoms with Gasteiger partial charge in [0.25, 0.3) is 0 Å². The minimum atomic E-state index is -0.153. The number of carbonyl (C=O) groups excluding carboxylic acids is 1. The highest BCUT2D eigenvalue weighted by atomic mass is 16.5. The van der Waals surface area contributed by atoms with Crippen molar-refractivity contribution < 1.29 is 14.3 Å². The maximum atomic E-state index is 11.4. The molecule has 0 amide bonds. The Bertz CT molecular complexity index is 221. The Morgan fingerprint density at radius 3 is 2.94 bits per heavy atom. The molecular weight excluding hydrogens is 218 g/mol. The first-order chi connectivity index (χ1) is 8.22. The van der Waals surface area contributed by atoms with Crippen LogP contribution in [0.25, 0.3) is 0 Å². The summed E-state index contributed by atoms with van der Waals surface area (Å²) in [5, 5.41) is 2.98. The molecule has 2 atom stereocenters. The predicted octanol–water partition coefficient (Wildman–Crippen LogP) is 1.59. The Hall–Kier alpha value is -0.610. The van der Waals surface area contributed by atoms with Crippen LogP contribution in [0.4, 0.5) is 0 Å². The normalized spacial score (nSPS) is 24.6. The SMILES string of the molecule is COCCNCC(=O)OCC1CCCC(C)C1. The van der Waals surface area contributed by atoms with Crippen LogP contribution in [0.1, 0.15) is 32.6 Å². The van der Waals surface area contributed by atoms with E-state index in [9.17, 15) is 4.79 Å². The fourth-order valence-corrected chi connectivity index (χ4v) is 2.34. The average molecular weight is 243 g/mol. The smallest absolute Gasteiger partial charge is 0.319 e. The van der Waals surface area contributed by atoms with Gasteiger partial charge < -0.3 is 14.8 Å². The second-order valence-corrected chi connectivity index (χ2v) is 4.99. The van der Waals surface area contributed by atoms with E-state index < -0.39 is 0 Å². The van der Waals surface area contributed by atoms with Crippen LogP contribution in [-0.2, 0) is 14.3 Å². The zero-order valence-electron chi connectivity index (χ0n) is 11.0. The topological polar surface area (TPSA) is 47.6 Å². The van der Waals surface area contributed by atoms with E-state index in [0.29, 0.717) is 25.7 Å². The van der Waals surface area contributed by atoms with E-state index in [1.165, 1.54) is 25.7 Å². The van der Waals surface area contributed by atoms with Crippen molar-refractivity contribution in [3.8, 4) is 0 Å². The van der Waals surface area contributed by atoms with Gasteiger partial charge in [0.2, 0.25) is 0 Å². The van der Waals surface area contributed by atoms with E-state index in [0.717, 1.165) is 5.92 Å². The molecule has 1 aliphatic rings. The minimum absolute atomic E-state index is 0.153. The summed E-state index contributed by atoms with van der Waals surface area (Å²) in [7, 11) is 1.64. The maximum Gasteiger partial charge on any atom is 0.319 e. The molecule has 2 unspecified atom stereocenters. The molecule has 0 aliphatic heterocycles. The molecule has 0 aromatic rings. The highest BCUT2D eigenvalue weighted by Crippen LogP contribution is 2.28. The van der Waals surface area contributed by atoms with E-state index in [1.54, 1.807) is 7.11 Å². The van der Waals surface area contributed by atoms with Crippen LogP contribution in [0.5, 0.6) is 0 Å². The van der Waals surface area contributed by atoms with E-state index in [2.05, 4.69) is 12.2 Å². The molecule has 100 valence electrons. The summed E-state index contributed by atoms with van der Waals surface area (Å²) in [5.74, 6) is 1.20. The van der Waals surface area contributed by atoms with Gasteiger partial charge >= 0.3 is 5.97 Å². The van der Waals surface area contributed by atoms with Crippen molar-refractivity contribution in [1.82, 2.24) is 5.32 Å². The number of hydrogen-bond acceptors (Lipinski definition) is 4. The first-order valence-corrected chi connectivity index (χ1v) is 6.57. The van der Waals surface area contributed by atoms with Crippen molar-refractivity contribution in [3.05, 3.63) is 0 Å². The molecule has 1 N–H and O–H groups in total. The monoisotopic (exact) mass is 243 g/mol. The molecule has 0 spiro atoms. The van der Waals surface area contributed by atoms with Gasteiger partial charge in [0, 0.05) is 13.7 Å². The van der Waals surface area contributed by atoms with Gasteiger partial charge in [-0.05, 0) is 24.7 Å². The van der Waals surface area contributed by atoms with Crippen LogP contribution in [0.3, 0.4) is 0 Å². The highest BCUT2D eigenvalue weighted by molar-refractivity contribution is 5.71. The third-order valence-corrected chi connectivity index (χ3v) is 3.28. The summed E-state index contributed by atoms with van der Waals surface area (Å²) < 4.78 is 10.1. The number of ether oxygens (including phenoxy) is 2. The van der Waals surface area contributed by atoms with Crippen molar-refractivity contribution in [2.75, 3.05) is 33.4 Å². The van der Waals surface area contributed by atoms with Crippen molar-refractivity contribution in [2.24, 2.45) is 11.8 Å². The van der Waals surface area contributed by atoms with E-state index in [1.807, 2.05) is 0 Å². The number of esters is 1. The summed E-state index contributed by atoms with van der Waals surface area (Å²) >= 11 is 0. The van der Waals surface area contributed by atoms with Crippen molar-refractivity contribution in [2.45, 2.75) is 32.6 Å². The van der Waals surface area contributed by atoms with Crippen molar-refractivity contribution >= 4 is 5.97 Å². The number of carbonyl (C=O) groups is 1. The molecular formula is C13H25NO3. The van der Waals surface area contributed by atoms with Gasteiger partial charge in [0.1, 0.15) is 0 Å². The van der Waals surface area contributed by atoms with Gasteiger partial charge in [-0.25, -0.2) is 0 Å². The number of rotatable bonds is 7. The van der Waals surface area contributed by atoms with Crippen LogP contribution in [0, 0.1) is 11.8 Å². The number of hydrogen-bond donors (Lipinski definition) is 1. The second kappa shape index (κ2) is 8.48. The molecule has 0 bridgehead atoms. The first-order valence-electron chi connectivity index (χ1n) is 6.57. The minimum Gasteiger partial charge on any atom is -0.464 e. The van der Waals surface area contributed by atoms with Gasteiger partial charge in [0.15, 0.2) is 0 Å². The zero-order chi connectivity index (χ0) is 12.5. The molecule has 0 saturated heterocycles. The van der Waals surface area contributed by atoms with Crippen LogP contribution >= 0.6 is 0 Å². The fraction of sp³-hybridized carbons (Fsp3) is 0.923. The molecule has 0 heterocycles. The summed E-state index contributed by atoms with van der Waals surface area (Å²) in [6.45, 7) is 4.46. The lowest BCUT2D eigenvalue weighted by Crippen LogP contribution is -2.29. The van der Waals surface area contributed by atoms with E-state index in [-0.39, 0.29) is 12.5 Å². The van der Waals surface area contributed by atoms with Gasteiger partial charge in [-0.15, -0.1) is 0 Å². The van der Waals surface area contributed by atoms with E-state index >= 15 is 0 Å². The molecule has 4 nitrogen and oxygen atoms in total. The Balaban J connectivity index is 2.02. The van der Waals surface area contributed by atoms with Crippen LogP contribution in [0.2, 0.25) is 0 Å². The van der Waals surface area contributed by atoms with Gasteiger partial charge in [0.05, 0.1) is 19.8 Å². The van der Waals surface area contributed by atoms with Gasteiger partial charge in [-0.2, -0.15) is 0 Å². The maximum absolute atomic E-state index is 11.4. The van der Waals surface area contributed by atoms with Gasteiger partial charge in [-0.1, -0.05) is 19.8 Å². The third kappa shape index (κ3) is 6.64. The second-order valence-electron chi connectivity index (χ2n) is 4.99. The summed E-state index contributed by atoms with van der Waals surface area (Å²) in [6, 6.07) is 0. The fourth-order valence-electron chi connectivity index (χ4n) is 2.34. The summed E-state index contributed by atoms with van der Waals surface area (Å²) in [5.41, 5.74) is 0. The first kappa shape index (κ1) is 14.5. The Kier molecular flexibility index (Phi) is 7.21. The molecule has 1 rings (SSSR count). The summed E-state index contributed by atoms with van der Waals surface area (Å²) in [4.78, 5) is 11.4. The highest BCUT2D eigenvalue weighted by Gasteiger charge is 2.19. The third-order valence-electron chi connectivity index (χ3n) is 3.28. The predicted molar refractivity (Wildman–Crippen MR) is 66.8 cm³/mol. The van der Waals surface area contributed by atoms with Crippen LogP contribution in [0.15, 0.2) is 0 Å². The number of methoxy groups -OCH3 is 1. The molecule has 0 radical (unpaired) electrons. The molecule has 1 fully saturated rings. The van der Waals surface area contributed by atoms with Crippen LogP contribution in [-0.4, -0.2) is 39.4 Å². The quantitative estimate of drug-likeness (QED) is 0.545. The largest absolute Gasteiger partial charge is 0.464 e. The van der Waals surface area contributed by atoms with Crippen LogP contribution < -0.4 is 5.32 Å². The number of nitrogens with one attached hydrogen (secondary N) is 1. The Morgan fingerprint density at radius 1 is 1.41 bits per heavy atom. The lowest BCUT2D eigenvalue weighted by Gasteiger charge is -2.26. The zero-order valence-corrected chi connectivity index (χ0v) is 11.0. The average Bonchev–Trinajstić information content (AvgIpc) is 2.32. The van der Waals surface area contributed by atoms with E-state index in [4.69, 9.17) is 9.47 Å². The van der Waals surface area contributed by atoms with Gasteiger partial charge in [-0.3, -0.25) is 4.79 Å². The molecule has 4 heteroatoms. The lowest BCUT2D eigenvalue weighted by molar-refractivity contribution is -0.144. The lowest BCUT2D eigenvalue weighted by atomic mass is 9.83. The Labute approximate surface area is 104 Å². The molecule has 17 heavy (non-hydrogen) atoms.